The smallest absolute Gasteiger partial charge is 0.254 e. The lowest BCUT2D eigenvalue weighted by Crippen LogP contribution is -2.55. The van der Waals surface area contributed by atoms with Gasteiger partial charge in [-0.25, -0.2) is 0 Å². The number of hydrogen-bond donors (Lipinski definition) is 2. The van der Waals surface area contributed by atoms with Gasteiger partial charge in [-0.3, -0.25) is 4.79 Å². The number of hydrogen-bond acceptors (Lipinski definition) is 4. The van der Waals surface area contributed by atoms with E-state index in [4.69, 9.17) is 10.5 Å². The van der Waals surface area contributed by atoms with Crippen LogP contribution in [0.5, 0.6) is 0 Å². The van der Waals surface area contributed by atoms with E-state index in [0.29, 0.717) is 24.3 Å². The number of aryl methyl sites for hydroxylation is 1. The fourth-order valence-electron chi connectivity index (χ4n) is 2.64. The molecule has 0 bridgehead atoms. The van der Waals surface area contributed by atoms with Crippen molar-refractivity contribution in [1.29, 1.82) is 0 Å². The van der Waals surface area contributed by atoms with Crippen LogP contribution < -0.4 is 5.73 Å². The third-order valence-corrected chi connectivity index (χ3v) is 3.45. The molecule has 1 aliphatic heterocycles. The number of benzene rings is 1. The first-order valence-corrected chi connectivity index (χ1v) is 6.76. The first kappa shape index (κ1) is 14.8. The second-order valence-corrected chi connectivity index (χ2v) is 5.94. The van der Waals surface area contributed by atoms with Crippen LogP contribution in [0, 0.1) is 6.92 Å². The second kappa shape index (κ2) is 5.42. The molecule has 1 atom stereocenters. The van der Waals surface area contributed by atoms with Crippen LogP contribution in [0.15, 0.2) is 18.2 Å². The van der Waals surface area contributed by atoms with E-state index in [0.717, 1.165) is 5.56 Å². The normalized spacial score (nSPS) is 21.8. The summed E-state index contributed by atoms with van der Waals surface area (Å²) in [5, 5.41) is 9.30. The molecule has 20 heavy (non-hydrogen) atoms. The van der Waals surface area contributed by atoms with Gasteiger partial charge in [-0.15, -0.1) is 0 Å². The number of carbonyl (C=O) groups is 1. The van der Waals surface area contributed by atoms with E-state index < -0.39 is 5.60 Å². The Morgan fingerprint density at radius 2 is 2.25 bits per heavy atom. The third kappa shape index (κ3) is 3.11. The van der Waals surface area contributed by atoms with Crippen LogP contribution in [0.25, 0.3) is 0 Å². The van der Waals surface area contributed by atoms with Crippen molar-refractivity contribution in [3.8, 4) is 0 Å². The Labute approximate surface area is 119 Å². The van der Waals surface area contributed by atoms with E-state index in [1.54, 1.807) is 23.1 Å². The molecule has 0 saturated carbocycles. The van der Waals surface area contributed by atoms with Gasteiger partial charge in [0.05, 0.1) is 18.3 Å². The molecule has 0 aliphatic carbocycles. The summed E-state index contributed by atoms with van der Waals surface area (Å²) in [5.41, 5.74) is 7.42. The molecule has 1 unspecified atom stereocenters. The lowest BCUT2D eigenvalue weighted by atomic mass is 10.0. The topological polar surface area (TPSA) is 75.8 Å². The van der Waals surface area contributed by atoms with Crippen molar-refractivity contribution in [2.45, 2.75) is 32.5 Å². The minimum absolute atomic E-state index is 0.0441. The van der Waals surface area contributed by atoms with Crippen molar-refractivity contribution in [1.82, 2.24) is 4.90 Å². The van der Waals surface area contributed by atoms with E-state index in [-0.39, 0.29) is 18.6 Å². The Hall–Kier alpha value is -1.59. The fraction of sp³-hybridized carbons (Fsp3) is 0.533. The van der Waals surface area contributed by atoms with Crippen LogP contribution in [0.2, 0.25) is 0 Å². The molecule has 1 fully saturated rings. The Bertz CT molecular complexity index is 514. The average molecular weight is 278 g/mol. The minimum atomic E-state index is -0.455. The van der Waals surface area contributed by atoms with Crippen molar-refractivity contribution in [2.24, 2.45) is 0 Å². The van der Waals surface area contributed by atoms with E-state index in [1.807, 2.05) is 20.8 Å². The van der Waals surface area contributed by atoms with Crippen molar-refractivity contribution >= 4 is 11.6 Å². The van der Waals surface area contributed by atoms with Crippen LogP contribution in [-0.4, -0.2) is 47.3 Å². The molecule has 1 aromatic carbocycles. The molecular weight excluding hydrogens is 256 g/mol. The summed E-state index contributed by atoms with van der Waals surface area (Å²) in [6, 6.07) is 5.28. The van der Waals surface area contributed by atoms with Gasteiger partial charge >= 0.3 is 0 Å². The number of ether oxygens (including phenoxy) is 1. The van der Waals surface area contributed by atoms with Crippen LogP contribution in [0.3, 0.4) is 0 Å². The molecule has 0 aromatic heterocycles. The molecule has 110 valence electrons. The Morgan fingerprint density at radius 1 is 1.55 bits per heavy atom. The lowest BCUT2D eigenvalue weighted by molar-refractivity contribution is -0.139. The molecule has 0 spiro atoms. The summed E-state index contributed by atoms with van der Waals surface area (Å²) < 4.78 is 5.72. The quantitative estimate of drug-likeness (QED) is 0.797. The van der Waals surface area contributed by atoms with Gasteiger partial charge in [0.25, 0.3) is 5.91 Å². The van der Waals surface area contributed by atoms with Gasteiger partial charge in [0.15, 0.2) is 0 Å². The van der Waals surface area contributed by atoms with Crippen molar-refractivity contribution in [2.75, 3.05) is 25.4 Å². The molecule has 1 amide bonds. The number of nitrogen functional groups attached to an aromatic ring is 1. The average Bonchev–Trinajstić information content (AvgIpc) is 2.36. The maximum atomic E-state index is 12.6. The zero-order valence-electron chi connectivity index (χ0n) is 12.2. The number of anilines is 1. The second-order valence-electron chi connectivity index (χ2n) is 5.94. The standard InChI is InChI=1S/C15H22N2O3/c1-10-6-11(16)4-5-13(10)14(19)17-7-12(8-18)20-15(2,3)9-17/h4-6,12,18H,7-9,16H2,1-3H3. The molecule has 5 heteroatoms. The van der Waals surface area contributed by atoms with Gasteiger partial charge in [-0.05, 0) is 44.5 Å². The van der Waals surface area contributed by atoms with Crippen LogP contribution in [0.1, 0.15) is 29.8 Å². The molecule has 5 nitrogen and oxygen atoms in total. The molecule has 1 heterocycles. The zero-order chi connectivity index (χ0) is 14.9. The van der Waals surface area contributed by atoms with Gasteiger partial charge in [0.2, 0.25) is 0 Å². The largest absolute Gasteiger partial charge is 0.399 e. The highest BCUT2D eigenvalue weighted by molar-refractivity contribution is 5.96. The van der Waals surface area contributed by atoms with Crippen LogP contribution in [-0.2, 0) is 4.74 Å². The van der Waals surface area contributed by atoms with Gasteiger partial charge in [0.1, 0.15) is 0 Å². The molecule has 1 aliphatic rings. The highest BCUT2D eigenvalue weighted by Gasteiger charge is 2.35. The van der Waals surface area contributed by atoms with E-state index in [1.165, 1.54) is 0 Å². The third-order valence-electron chi connectivity index (χ3n) is 3.45. The predicted octanol–water partition coefficient (Wildman–Crippen LogP) is 1.19. The first-order valence-electron chi connectivity index (χ1n) is 6.76. The summed E-state index contributed by atoms with van der Waals surface area (Å²) >= 11 is 0. The highest BCUT2D eigenvalue weighted by Crippen LogP contribution is 2.23. The van der Waals surface area contributed by atoms with Gasteiger partial charge in [-0.1, -0.05) is 0 Å². The Morgan fingerprint density at radius 3 is 2.85 bits per heavy atom. The molecular formula is C15H22N2O3. The van der Waals surface area contributed by atoms with Crippen molar-refractivity contribution < 1.29 is 14.6 Å². The molecule has 1 aromatic rings. The summed E-state index contributed by atoms with van der Waals surface area (Å²) in [6.07, 6.45) is -0.336. The highest BCUT2D eigenvalue weighted by atomic mass is 16.5. The van der Waals surface area contributed by atoms with Crippen LogP contribution >= 0.6 is 0 Å². The maximum Gasteiger partial charge on any atom is 0.254 e. The summed E-state index contributed by atoms with van der Waals surface area (Å²) in [5.74, 6) is -0.0441. The zero-order valence-corrected chi connectivity index (χ0v) is 12.2. The minimum Gasteiger partial charge on any atom is -0.399 e. The number of nitrogens with two attached hydrogens (primary N) is 1. The molecule has 1 saturated heterocycles. The molecule has 2 rings (SSSR count). The summed E-state index contributed by atoms with van der Waals surface area (Å²) in [6.45, 7) is 6.54. The van der Waals surface area contributed by atoms with Crippen molar-refractivity contribution in [3.05, 3.63) is 29.3 Å². The Balaban J connectivity index is 2.23. The van der Waals surface area contributed by atoms with Gasteiger partial charge in [0, 0.05) is 24.3 Å². The van der Waals surface area contributed by atoms with Gasteiger partial charge in [-0.2, -0.15) is 0 Å². The lowest BCUT2D eigenvalue weighted by Gasteiger charge is -2.42. The predicted molar refractivity (Wildman–Crippen MR) is 77.5 cm³/mol. The number of aliphatic hydroxyl groups excluding tert-OH is 1. The monoisotopic (exact) mass is 278 g/mol. The molecule has 3 N–H and O–H groups in total. The van der Waals surface area contributed by atoms with E-state index >= 15 is 0 Å². The number of amides is 1. The van der Waals surface area contributed by atoms with E-state index in [9.17, 15) is 9.90 Å². The molecule has 0 radical (unpaired) electrons. The van der Waals surface area contributed by atoms with Crippen molar-refractivity contribution in [3.63, 3.8) is 0 Å². The van der Waals surface area contributed by atoms with Crippen LogP contribution in [0.4, 0.5) is 5.69 Å². The Kier molecular flexibility index (Phi) is 4.01. The number of aliphatic hydroxyl groups is 1. The summed E-state index contributed by atoms with van der Waals surface area (Å²) in [4.78, 5) is 14.4. The number of nitrogens with zero attached hydrogens (tertiary/aromatic N) is 1. The SMILES string of the molecule is Cc1cc(N)ccc1C(=O)N1CC(CO)OC(C)(C)C1. The van der Waals surface area contributed by atoms with E-state index in [2.05, 4.69) is 0 Å². The maximum absolute atomic E-state index is 12.6. The first-order chi connectivity index (χ1) is 9.32. The summed E-state index contributed by atoms with van der Waals surface area (Å²) in [7, 11) is 0. The number of carbonyl (C=O) groups excluding carboxylic acids is 1. The number of rotatable bonds is 2. The fourth-order valence-corrected chi connectivity index (χ4v) is 2.64. The number of morpholine rings is 1. The van der Waals surface area contributed by atoms with Gasteiger partial charge < -0.3 is 20.5 Å².